The van der Waals surface area contributed by atoms with Crippen molar-refractivity contribution in [2.45, 2.75) is 31.3 Å². The van der Waals surface area contributed by atoms with E-state index in [1.807, 2.05) is 30.3 Å². The summed E-state index contributed by atoms with van der Waals surface area (Å²) in [6.45, 7) is 3.47. The molecule has 0 aliphatic carbocycles. The molecule has 0 unspecified atom stereocenters. The van der Waals surface area contributed by atoms with E-state index in [1.54, 1.807) is 4.90 Å². The van der Waals surface area contributed by atoms with Gasteiger partial charge in [-0.1, -0.05) is 58.4 Å². The van der Waals surface area contributed by atoms with Gasteiger partial charge in [0.2, 0.25) is 0 Å². The van der Waals surface area contributed by atoms with Gasteiger partial charge in [0.05, 0.1) is 31.7 Å². The average Bonchev–Trinajstić information content (AvgIpc) is 2.61. The fourth-order valence-corrected chi connectivity index (χ4v) is 3.84. The van der Waals surface area contributed by atoms with Crippen molar-refractivity contribution in [3.63, 3.8) is 0 Å². The van der Waals surface area contributed by atoms with Crippen LogP contribution in [0.2, 0.25) is 0 Å². The summed E-state index contributed by atoms with van der Waals surface area (Å²) in [6.07, 6.45) is 3.52. The van der Waals surface area contributed by atoms with Crippen LogP contribution in [0.1, 0.15) is 42.4 Å². The number of hydrogen-bond acceptors (Lipinski definition) is 1. The van der Waals surface area contributed by atoms with Crippen LogP contribution in [-0.2, 0) is 0 Å². The third-order valence-electron chi connectivity index (χ3n) is 4.89. The van der Waals surface area contributed by atoms with E-state index in [4.69, 9.17) is 0 Å². The van der Waals surface area contributed by atoms with Crippen molar-refractivity contribution >= 4 is 15.9 Å². The molecule has 1 aliphatic heterocycles. The van der Waals surface area contributed by atoms with Gasteiger partial charge in [0.15, 0.2) is 0 Å². The first kappa shape index (κ1) is 16.7. The molecular weight excluding hydrogens is 350 g/mol. The molecular formula is C20H25BrNO+. The largest absolute Gasteiger partial charge is 0.388 e. The molecule has 2 nitrogen and oxygen atoms in total. The van der Waals surface area contributed by atoms with Crippen molar-refractivity contribution in [1.29, 1.82) is 0 Å². The van der Waals surface area contributed by atoms with Gasteiger partial charge in [0.1, 0.15) is 0 Å². The number of aliphatic hydroxyl groups excluding tert-OH is 1. The lowest BCUT2D eigenvalue weighted by Crippen LogP contribution is -3.13. The monoisotopic (exact) mass is 374 g/mol. The number of quaternary nitrogens is 1. The molecule has 3 heteroatoms. The van der Waals surface area contributed by atoms with Crippen molar-refractivity contribution < 1.29 is 10.0 Å². The number of rotatable bonds is 5. The third kappa shape index (κ3) is 4.43. The quantitative estimate of drug-likeness (QED) is 0.823. The highest BCUT2D eigenvalue weighted by Gasteiger charge is 2.28. The number of aliphatic hydroxyl groups is 1. The lowest BCUT2D eigenvalue weighted by molar-refractivity contribution is -0.906. The van der Waals surface area contributed by atoms with Crippen LogP contribution in [0.25, 0.3) is 0 Å². The van der Waals surface area contributed by atoms with Crippen LogP contribution < -0.4 is 4.90 Å². The van der Waals surface area contributed by atoms with E-state index < -0.39 is 6.10 Å². The topological polar surface area (TPSA) is 24.7 Å². The Labute approximate surface area is 147 Å². The van der Waals surface area contributed by atoms with Gasteiger partial charge in [-0.05, 0) is 42.5 Å². The molecule has 1 saturated heterocycles. The minimum Gasteiger partial charge on any atom is -0.388 e. The summed E-state index contributed by atoms with van der Waals surface area (Å²) in [4.78, 5) is 1.63. The summed E-state index contributed by atoms with van der Waals surface area (Å²) in [5.74, 6) is 0.144. The number of nitrogens with one attached hydrogen (secondary N) is 1. The SMILES string of the molecule is O[C@@H](c1ccc(Br)cc1)[C@@H](C[NH+]1CCCCC1)c1ccccc1. The van der Waals surface area contributed by atoms with Crippen LogP contribution in [-0.4, -0.2) is 24.7 Å². The van der Waals surface area contributed by atoms with Gasteiger partial charge in [0.25, 0.3) is 0 Å². The van der Waals surface area contributed by atoms with Crippen molar-refractivity contribution in [2.24, 2.45) is 0 Å². The number of hydrogen-bond donors (Lipinski definition) is 2. The Bertz CT molecular complexity index is 593. The van der Waals surface area contributed by atoms with Crippen molar-refractivity contribution in [2.75, 3.05) is 19.6 Å². The first-order valence-electron chi connectivity index (χ1n) is 8.56. The maximum absolute atomic E-state index is 11.0. The third-order valence-corrected chi connectivity index (χ3v) is 5.42. The van der Waals surface area contributed by atoms with E-state index in [0.29, 0.717) is 0 Å². The van der Waals surface area contributed by atoms with E-state index in [1.165, 1.54) is 37.9 Å². The molecule has 23 heavy (non-hydrogen) atoms. The lowest BCUT2D eigenvalue weighted by atomic mass is 9.88. The number of likely N-dealkylation sites (tertiary alicyclic amines) is 1. The average molecular weight is 375 g/mol. The van der Waals surface area contributed by atoms with Crippen molar-refractivity contribution in [1.82, 2.24) is 0 Å². The zero-order valence-corrected chi connectivity index (χ0v) is 15.0. The predicted octanol–water partition coefficient (Wildman–Crippen LogP) is 3.34. The maximum Gasteiger partial charge on any atom is 0.0912 e. The Morgan fingerprint density at radius 2 is 1.52 bits per heavy atom. The molecule has 1 fully saturated rings. The minimum atomic E-state index is -0.458. The van der Waals surface area contributed by atoms with Crippen molar-refractivity contribution in [3.05, 3.63) is 70.2 Å². The molecule has 0 radical (unpaired) electrons. The number of piperidine rings is 1. The second kappa shape index (κ2) is 8.09. The van der Waals surface area contributed by atoms with Gasteiger partial charge in [-0.15, -0.1) is 0 Å². The van der Waals surface area contributed by atoms with Crippen LogP contribution in [0, 0.1) is 0 Å². The Morgan fingerprint density at radius 1 is 0.870 bits per heavy atom. The highest BCUT2D eigenvalue weighted by atomic mass is 79.9. The van der Waals surface area contributed by atoms with E-state index in [9.17, 15) is 5.11 Å². The smallest absolute Gasteiger partial charge is 0.0912 e. The second-order valence-electron chi connectivity index (χ2n) is 6.53. The number of halogens is 1. The fraction of sp³-hybridized carbons (Fsp3) is 0.400. The predicted molar refractivity (Wildman–Crippen MR) is 97.7 cm³/mol. The molecule has 0 aromatic heterocycles. The van der Waals surface area contributed by atoms with Gasteiger partial charge >= 0.3 is 0 Å². The Hall–Kier alpha value is -1.16. The van der Waals surface area contributed by atoms with Crippen LogP contribution in [0.3, 0.4) is 0 Å². The summed E-state index contributed by atoms with van der Waals surface area (Å²) >= 11 is 3.47. The van der Waals surface area contributed by atoms with Crippen LogP contribution in [0.4, 0.5) is 0 Å². The van der Waals surface area contributed by atoms with Gasteiger partial charge in [-0.2, -0.15) is 0 Å². The van der Waals surface area contributed by atoms with E-state index in [0.717, 1.165) is 16.6 Å². The zero-order valence-electron chi connectivity index (χ0n) is 13.4. The zero-order chi connectivity index (χ0) is 16.1. The highest BCUT2D eigenvalue weighted by molar-refractivity contribution is 9.10. The Balaban J connectivity index is 1.83. The molecule has 1 heterocycles. The van der Waals surface area contributed by atoms with E-state index in [2.05, 4.69) is 40.2 Å². The summed E-state index contributed by atoms with van der Waals surface area (Å²) in [5.41, 5.74) is 2.24. The Morgan fingerprint density at radius 3 is 2.17 bits per heavy atom. The summed E-state index contributed by atoms with van der Waals surface area (Å²) < 4.78 is 1.05. The molecule has 0 saturated carbocycles. The van der Waals surface area contributed by atoms with Crippen LogP contribution >= 0.6 is 15.9 Å². The van der Waals surface area contributed by atoms with Crippen molar-refractivity contribution in [3.8, 4) is 0 Å². The second-order valence-corrected chi connectivity index (χ2v) is 7.44. The molecule has 122 valence electrons. The molecule has 0 amide bonds. The summed E-state index contributed by atoms with van der Waals surface area (Å²) in [5, 5.41) is 11.0. The molecule has 0 bridgehead atoms. The van der Waals surface area contributed by atoms with E-state index in [-0.39, 0.29) is 5.92 Å². The van der Waals surface area contributed by atoms with Gasteiger partial charge in [0, 0.05) is 4.47 Å². The molecule has 2 aromatic rings. The summed E-state index contributed by atoms with van der Waals surface area (Å²) in [6, 6.07) is 18.5. The first-order chi connectivity index (χ1) is 11.2. The molecule has 2 aromatic carbocycles. The van der Waals surface area contributed by atoms with Gasteiger partial charge in [-0.25, -0.2) is 0 Å². The normalized spacial score (nSPS) is 18.5. The number of benzene rings is 2. The van der Waals surface area contributed by atoms with E-state index >= 15 is 0 Å². The molecule has 2 N–H and O–H groups in total. The summed E-state index contributed by atoms with van der Waals surface area (Å²) in [7, 11) is 0. The van der Waals surface area contributed by atoms with Crippen LogP contribution in [0.5, 0.6) is 0 Å². The Kier molecular flexibility index (Phi) is 5.87. The standard InChI is InChI=1S/C20H24BrNO/c21-18-11-9-17(10-12-18)20(23)19(16-7-3-1-4-8-16)15-22-13-5-2-6-14-22/h1,3-4,7-12,19-20,23H,2,5-6,13-15H2/p+1/t19-,20-/m0/s1. The van der Waals surface area contributed by atoms with Crippen LogP contribution in [0.15, 0.2) is 59.1 Å². The highest BCUT2D eigenvalue weighted by Crippen LogP contribution is 2.30. The first-order valence-corrected chi connectivity index (χ1v) is 9.35. The molecule has 2 atom stereocenters. The van der Waals surface area contributed by atoms with Gasteiger partial charge < -0.3 is 10.0 Å². The maximum atomic E-state index is 11.0. The molecule has 3 rings (SSSR count). The molecule has 0 spiro atoms. The van der Waals surface area contributed by atoms with Gasteiger partial charge in [-0.3, -0.25) is 0 Å². The fourth-order valence-electron chi connectivity index (χ4n) is 3.57. The lowest BCUT2D eigenvalue weighted by Gasteiger charge is -2.30. The molecule has 1 aliphatic rings. The minimum absolute atomic E-state index is 0.144.